The van der Waals surface area contributed by atoms with E-state index in [0.717, 1.165) is 16.6 Å². The molecule has 0 unspecified atom stereocenters. The monoisotopic (exact) mass is 220 g/mol. The molecule has 0 fully saturated rings. The molecule has 0 spiro atoms. The van der Waals surface area contributed by atoms with E-state index < -0.39 is 4.92 Å². The number of aromatic nitrogens is 1. The molecule has 0 aliphatic carbocycles. The van der Waals surface area contributed by atoms with Crippen LogP contribution < -0.4 is 0 Å². The number of aliphatic hydroxyl groups is 1. The number of aromatic amines is 1. The number of hydrogen-bond acceptors (Lipinski definition) is 3. The first-order valence-electron chi connectivity index (χ1n) is 4.99. The zero-order valence-electron chi connectivity index (χ0n) is 8.80. The Bertz CT molecular complexity index is 533. The van der Waals surface area contributed by atoms with Crippen molar-refractivity contribution in [2.24, 2.45) is 0 Å². The first kappa shape index (κ1) is 10.6. The summed E-state index contributed by atoms with van der Waals surface area (Å²) in [6.07, 6.45) is 0. The lowest BCUT2D eigenvalue weighted by Gasteiger charge is -2.02. The van der Waals surface area contributed by atoms with Crippen molar-refractivity contribution in [3.63, 3.8) is 0 Å². The second kappa shape index (κ2) is 3.94. The number of aliphatic hydroxyl groups excluding tert-OH is 1. The number of nitro benzene ring substituents is 1. The highest BCUT2D eigenvalue weighted by atomic mass is 16.6. The Morgan fingerprint density at radius 1 is 1.50 bits per heavy atom. The Hall–Kier alpha value is -1.88. The van der Waals surface area contributed by atoms with Crippen molar-refractivity contribution < 1.29 is 10.0 Å². The van der Waals surface area contributed by atoms with Gasteiger partial charge in [0.25, 0.3) is 5.69 Å². The summed E-state index contributed by atoms with van der Waals surface area (Å²) in [5.41, 5.74) is 1.81. The minimum Gasteiger partial charge on any atom is -0.396 e. The molecular formula is C11H12N2O3. The number of fused-ring (bicyclic) bond motifs is 1. The number of hydrogen-bond donors (Lipinski definition) is 2. The van der Waals surface area contributed by atoms with Crippen LogP contribution in [0.2, 0.25) is 0 Å². The lowest BCUT2D eigenvalue weighted by molar-refractivity contribution is -0.384. The summed E-state index contributed by atoms with van der Waals surface area (Å²) in [7, 11) is 0. The third kappa shape index (κ3) is 1.77. The fourth-order valence-corrected chi connectivity index (χ4v) is 1.62. The summed E-state index contributed by atoms with van der Waals surface area (Å²) in [6.45, 7) is 1.94. The van der Waals surface area contributed by atoms with E-state index >= 15 is 0 Å². The molecule has 2 N–H and O–H groups in total. The molecule has 0 saturated carbocycles. The molecule has 5 heteroatoms. The molecule has 16 heavy (non-hydrogen) atoms. The van der Waals surface area contributed by atoms with E-state index in [1.54, 1.807) is 6.07 Å². The minimum atomic E-state index is -0.415. The molecule has 0 bridgehead atoms. The zero-order chi connectivity index (χ0) is 11.7. The SMILES string of the molecule is C[C@H](CO)c1cc2cc([N+](=O)[O-])ccc2[nH]1. The molecule has 0 amide bonds. The van der Waals surface area contributed by atoms with Crippen molar-refractivity contribution in [1.29, 1.82) is 0 Å². The normalized spacial score (nSPS) is 12.9. The molecule has 1 heterocycles. The molecule has 0 radical (unpaired) electrons. The summed E-state index contributed by atoms with van der Waals surface area (Å²) in [4.78, 5) is 13.3. The van der Waals surface area contributed by atoms with Crippen molar-refractivity contribution in [3.8, 4) is 0 Å². The molecular weight excluding hydrogens is 208 g/mol. The van der Waals surface area contributed by atoms with Crippen LogP contribution in [-0.4, -0.2) is 21.6 Å². The molecule has 0 aliphatic heterocycles. The topological polar surface area (TPSA) is 79.2 Å². The maximum Gasteiger partial charge on any atom is 0.270 e. The Morgan fingerprint density at radius 2 is 2.25 bits per heavy atom. The van der Waals surface area contributed by atoms with Gasteiger partial charge in [0.05, 0.1) is 11.5 Å². The number of rotatable bonds is 3. The summed E-state index contributed by atoms with van der Waals surface area (Å²) in [5.74, 6) is 0.00598. The fourth-order valence-electron chi connectivity index (χ4n) is 1.62. The molecule has 2 aromatic rings. The average Bonchev–Trinajstić information content (AvgIpc) is 2.70. The van der Waals surface area contributed by atoms with Crippen LogP contribution in [0.3, 0.4) is 0 Å². The number of benzene rings is 1. The van der Waals surface area contributed by atoms with Gasteiger partial charge in [-0.3, -0.25) is 10.1 Å². The second-order valence-electron chi connectivity index (χ2n) is 3.84. The molecule has 0 saturated heterocycles. The maximum atomic E-state index is 10.6. The predicted octanol–water partition coefficient (Wildman–Crippen LogP) is 2.17. The molecule has 2 rings (SSSR count). The van der Waals surface area contributed by atoms with E-state index in [0.29, 0.717) is 0 Å². The average molecular weight is 220 g/mol. The summed E-state index contributed by atoms with van der Waals surface area (Å²) in [6, 6.07) is 6.51. The van der Waals surface area contributed by atoms with Crippen LogP contribution in [-0.2, 0) is 0 Å². The van der Waals surface area contributed by atoms with Crippen molar-refractivity contribution >= 4 is 16.6 Å². The highest BCUT2D eigenvalue weighted by Crippen LogP contribution is 2.24. The fraction of sp³-hybridized carbons (Fsp3) is 0.273. The number of nitrogens with zero attached hydrogens (tertiary/aromatic N) is 1. The molecule has 1 atom stereocenters. The van der Waals surface area contributed by atoms with Crippen molar-refractivity contribution in [2.75, 3.05) is 6.61 Å². The van der Waals surface area contributed by atoms with Crippen molar-refractivity contribution in [1.82, 2.24) is 4.98 Å². The van der Waals surface area contributed by atoms with Crippen LogP contribution in [0.15, 0.2) is 24.3 Å². The van der Waals surface area contributed by atoms with Crippen LogP contribution >= 0.6 is 0 Å². The van der Waals surface area contributed by atoms with Crippen LogP contribution in [0.5, 0.6) is 0 Å². The number of H-pyrrole nitrogens is 1. The maximum absolute atomic E-state index is 10.6. The van der Waals surface area contributed by atoms with Crippen molar-refractivity contribution in [2.45, 2.75) is 12.8 Å². The highest BCUT2D eigenvalue weighted by molar-refractivity contribution is 5.82. The van der Waals surface area contributed by atoms with Gasteiger partial charge in [0, 0.05) is 34.6 Å². The highest BCUT2D eigenvalue weighted by Gasteiger charge is 2.11. The summed E-state index contributed by atoms with van der Waals surface area (Å²) >= 11 is 0. The van der Waals surface area contributed by atoms with Gasteiger partial charge in [-0.15, -0.1) is 0 Å². The first-order chi connectivity index (χ1) is 7.61. The van der Waals surface area contributed by atoms with Gasteiger partial charge in [-0.25, -0.2) is 0 Å². The molecule has 5 nitrogen and oxygen atoms in total. The Kier molecular flexibility index (Phi) is 2.62. The summed E-state index contributed by atoms with van der Waals surface area (Å²) in [5, 5.41) is 20.4. The minimum absolute atomic E-state index is 0.00598. The first-order valence-corrected chi connectivity index (χ1v) is 4.99. The summed E-state index contributed by atoms with van der Waals surface area (Å²) < 4.78 is 0. The predicted molar refractivity (Wildman–Crippen MR) is 60.5 cm³/mol. The van der Waals surface area contributed by atoms with Gasteiger partial charge in [0.2, 0.25) is 0 Å². The lowest BCUT2D eigenvalue weighted by Crippen LogP contribution is -1.98. The van der Waals surface area contributed by atoms with Gasteiger partial charge in [-0.05, 0) is 12.1 Å². The van der Waals surface area contributed by atoms with E-state index in [4.69, 9.17) is 5.11 Å². The van der Waals surface area contributed by atoms with Gasteiger partial charge < -0.3 is 10.1 Å². The molecule has 1 aromatic heterocycles. The zero-order valence-corrected chi connectivity index (χ0v) is 8.80. The third-order valence-corrected chi connectivity index (χ3v) is 2.64. The number of non-ortho nitro benzene ring substituents is 1. The van der Waals surface area contributed by atoms with Crippen LogP contribution in [0.4, 0.5) is 5.69 Å². The smallest absolute Gasteiger partial charge is 0.270 e. The van der Waals surface area contributed by atoms with Crippen LogP contribution in [0, 0.1) is 10.1 Å². The van der Waals surface area contributed by atoms with E-state index in [2.05, 4.69) is 4.98 Å². The van der Waals surface area contributed by atoms with Gasteiger partial charge in [-0.2, -0.15) is 0 Å². The quantitative estimate of drug-likeness (QED) is 0.614. The van der Waals surface area contributed by atoms with Gasteiger partial charge in [-0.1, -0.05) is 6.92 Å². The number of nitrogens with one attached hydrogen (secondary N) is 1. The van der Waals surface area contributed by atoms with E-state index in [1.807, 2.05) is 13.0 Å². The largest absolute Gasteiger partial charge is 0.396 e. The van der Waals surface area contributed by atoms with Gasteiger partial charge in [0.1, 0.15) is 0 Å². The molecule has 84 valence electrons. The second-order valence-corrected chi connectivity index (χ2v) is 3.84. The Balaban J connectivity index is 2.49. The van der Waals surface area contributed by atoms with Crippen LogP contribution in [0.25, 0.3) is 10.9 Å². The Labute approximate surface area is 91.9 Å². The Morgan fingerprint density at radius 3 is 2.88 bits per heavy atom. The van der Waals surface area contributed by atoms with Crippen molar-refractivity contribution in [3.05, 3.63) is 40.1 Å². The standard InChI is InChI=1S/C11H12N2O3/c1-7(6-14)11-5-8-4-9(13(15)16)2-3-10(8)12-11/h2-5,7,12,14H,6H2,1H3/t7-/m1/s1. The van der Waals surface area contributed by atoms with E-state index in [1.165, 1.54) is 12.1 Å². The molecule has 1 aromatic carbocycles. The number of nitro groups is 1. The van der Waals surface area contributed by atoms with Gasteiger partial charge >= 0.3 is 0 Å². The van der Waals surface area contributed by atoms with E-state index in [-0.39, 0.29) is 18.2 Å². The third-order valence-electron chi connectivity index (χ3n) is 2.64. The van der Waals surface area contributed by atoms with E-state index in [9.17, 15) is 10.1 Å². The lowest BCUT2D eigenvalue weighted by atomic mass is 10.1. The van der Waals surface area contributed by atoms with Crippen LogP contribution in [0.1, 0.15) is 18.5 Å². The molecule has 0 aliphatic rings. The van der Waals surface area contributed by atoms with Gasteiger partial charge in [0.15, 0.2) is 0 Å².